The van der Waals surface area contributed by atoms with E-state index in [1.54, 1.807) is 11.8 Å². The van der Waals surface area contributed by atoms with Gasteiger partial charge in [0, 0.05) is 11.3 Å². The fourth-order valence-corrected chi connectivity index (χ4v) is 2.78. The number of hydrogen-bond acceptors (Lipinski definition) is 2. The van der Waals surface area contributed by atoms with Crippen molar-refractivity contribution in [3.05, 3.63) is 66.4 Å². The van der Waals surface area contributed by atoms with Gasteiger partial charge in [0.2, 0.25) is 0 Å². The monoisotopic (exact) mass is 280 g/mol. The molecule has 0 atom stereocenters. The molecule has 3 rings (SSSR count). The summed E-state index contributed by atoms with van der Waals surface area (Å²) >= 11 is 1.66. The van der Waals surface area contributed by atoms with Gasteiger partial charge >= 0.3 is 0 Å². The minimum atomic E-state index is 1.01. The molecule has 0 bridgehead atoms. The number of nitrogens with zero attached hydrogens (tertiary/aromatic N) is 2. The molecule has 20 heavy (non-hydrogen) atoms. The van der Waals surface area contributed by atoms with Crippen LogP contribution in [0.3, 0.4) is 0 Å². The summed E-state index contributed by atoms with van der Waals surface area (Å²) in [7, 11) is 0. The average Bonchev–Trinajstić information content (AvgIpc) is 2.93. The van der Waals surface area contributed by atoms with Crippen molar-refractivity contribution in [2.45, 2.75) is 12.1 Å². The highest BCUT2D eigenvalue weighted by Gasteiger charge is 2.12. The third-order valence-electron chi connectivity index (χ3n) is 3.27. The first-order valence-corrected chi connectivity index (χ1v) is 7.76. The summed E-state index contributed by atoms with van der Waals surface area (Å²) in [5.74, 6) is 0. The first-order valence-electron chi connectivity index (χ1n) is 6.54. The van der Waals surface area contributed by atoms with E-state index in [9.17, 15) is 0 Å². The summed E-state index contributed by atoms with van der Waals surface area (Å²) in [4.78, 5) is 4.54. The van der Waals surface area contributed by atoms with Crippen LogP contribution in [0.4, 0.5) is 0 Å². The molecule has 0 amide bonds. The summed E-state index contributed by atoms with van der Waals surface area (Å²) in [6.45, 7) is 2.10. The van der Waals surface area contributed by atoms with Crippen molar-refractivity contribution in [3.8, 4) is 16.9 Å². The van der Waals surface area contributed by atoms with E-state index < -0.39 is 0 Å². The van der Waals surface area contributed by atoms with Crippen LogP contribution in [-0.4, -0.2) is 15.8 Å². The van der Waals surface area contributed by atoms with Crippen LogP contribution in [0, 0.1) is 6.92 Å². The second kappa shape index (κ2) is 5.55. The molecule has 1 heterocycles. The molecule has 0 unspecified atom stereocenters. The summed E-state index contributed by atoms with van der Waals surface area (Å²) in [6, 6.07) is 18.9. The molecule has 0 fully saturated rings. The van der Waals surface area contributed by atoms with Gasteiger partial charge in [0.25, 0.3) is 0 Å². The molecule has 0 N–H and O–H groups in total. The van der Waals surface area contributed by atoms with Gasteiger partial charge in [-0.25, -0.2) is 4.98 Å². The highest BCUT2D eigenvalue weighted by atomic mass is 32.2. The normalized spacial score (nSPS) is 10.7. The molecule has 0 aliphatic carbocycles. The average molecular weight is 280 g/mol. The molecule has 3 aromatic rings. The third-order valence-corrected chi connectivity index (χ3v) is 3.93. The summed E-state index contributed by atoms with van der Waals surface area (Å²) in [6.07, 6.45) is 4.00. The molecular weight excluding hydrogens is 264 g/mol. The van der Waals surface area contributed by atoms with E-state index in [4.69, 9.17) is 0 Å². The molecule has 100 valence electrons. The van der Waals surface area contributed by atoms with Crippen molar-refractivity contribution in [1.82, 2.24) is 9.55 Å². The molecule has 0 saturated heterocycles. The number of thioether (sulfide) groups is 1. The Labute approximate surface area is 123 Å². The Balaban J connectivity index is 2.18. The number of hydrogen-bond donors (Lipinski definition) is 0. The lowest BCUT2D eigenvalue weighted by molar-refractivity contribution is 0.902. The van der Waals surface area contributed by atoms with E-state index >= 15 is 0 Å². The minimum absolute atomic E-state index is 1.01. The van der Waals surface area contributed by atoms with E-state index in [0.29, 0.717) is 0 Å². The number of aromatic nitrogens is 2. The summed E-state index contributed by atoms with van der Waals surface area (Å²) < 4.78 is 2.21. The molecule has 0 spiro atoms. The molecule has 0 saturated carbocycles. The highest BCUT2D eigenvalue weighted by molar-refractivity contribution is 7.98. The van der Waals surface area contributed by atoms with Gasteiger partial charge in [-0.3, -0.25) is 4.57 Å². The van der Waals surface area contributed by atoms with Gasteiger partial charge in [0.05, 0.1) is 11.9 Å². The van der Waals surface area contributed by atoms with E-state index in [2.05, 4.69) is 71.3 Å². The van der Waals surface area contributed by atoms with E-state index in [0.717, 1.165) is 16.5 Å². The zero-order valence-electron chi connectivity index (χ0n) is 11.6. The van der Waals surface area contributed by atoms with Gasteiger partial charge in [-0.15, -0.1) is 0 Å². The highest BCUT2D eigenvalue weighted by Crippen LogP contribution is 2.28. The largest absolute Gasteiger partial charge is 0.287 e. The van der Waals surface area contributed by atoms with Crippen LogP contribution in [-0.2, 0) is 0 Å². The molecule has 1 aromatic heterocycles. The molecule has 0 aliphatic rings. The first kappa shape index (κ1) is 13.0. The van der Waals surface area contributed by atoms with Crippen molar-refractivity contribution in [3.63, 3.8) is 0 Å². The van der Waals surface area contributed by atoms with Crippen LogP contribution < -0.4 is 0 Å². The zero-order chi connectivity index (χ0) is 13.9. The number of rotatable bonds is 3. The Morgan fingerprint density at radius 2 is 1.65 bits per heavy atom. The van der Waals surface area contributed by atoms with Gasteiger partial charge in [-0.2, -0.15) is 0 Å². The van der Waals surface area contributed by atoms with Crippen molar-refractivity contribution < 1.29 is 0 Å². The van der Waals surface area contributed by atoms with Crippen LogP contribution in [0.1, 0.15) is 5.56 Å². The first-order chi connectivity index (χ1) is 9.79. The van der Waals surface area contributed by atoms with Crippen LogP contribution in [0.25, 0.3) is 16.9 Å². The molecule has 0 aliphatic heterocycles. The van der Waals surface area contributed by atoms with Crippen molar-refractivity contribution in [2.24, 2.45) is 0 Å². The summed E-state index contributed by atoms with van der Waals surface area (Å²) in [5.41, 5.74) is 4.72. The van der Waals surface area contributed by atoms with Crippen LogP contribution in [0.15, 0.2) is 66.0 Å². The predicted molar refractivity (Wildman–Crippen MR) is 85.5 cm³/mol. The maximum Gasteiger partial charge on any atom is 0.172 e. The van der Waals surface area contributed by atoms with Gasteiger partial charge in [0.1, 0.15) is 0 Å². The smallest absolute Gasteiger partial charge is 0.172 e. The molecule has 2 nitrogen and oxygen atoms in total. The lowest BCUT2D eigenvalue weighted by Gasteiger charge is -2.11. The SMILES string of the molecule is CSc1ncc(-c2ccccc2)n1-c1ccc(C)cc1. The van der Waals surface area contributed by atoms with Crippen LogP contribution >= 0.6 is 11.8 Å². The topological polar surface area (TPSA) is 17.8 Å². The number of aryl methyl sites for hydroxylation is 1. The second-order valence-corrected chi connectivity index (χ2v) is 5.44. The Morgan fingerprint density at radius 1 is 0.950 bits per heavy atom. The van der Waals surface area contributed by atoms with Gasteiger partial charge < -0.3 is 0 Å². The van der Waals surface area contributed by atoms with E-state index in [-0.39, 0.29) is 0 Å². The van der Waals surface area contributed by atoms with Gasteiger partial charge in [-0.05, 0) is 25.3 Å². The lowest BCUT2D eigenvalue weighted by Crippen LogP contribution is -1.98. The van der Waals surface area contributed by atoms with Crippen LogP contribution in [0.2, 0.25) is 0 Å². The Hall–Kier alpha value is -2.00. The zero-order valence-corrected chi connectivity index (χ0v) is 12.4. The lowest BCUT2D eigenvalue weighted by atomic mass is 10.1. The molecule has 3 heteroatoms. The van der Waals surface area contributed by atoms with Crippen LogP contribution in [0.5, 0.6) is 0 Å². The standard InChI is InChI=1S/C17H16N2S/c1-13-8-10-15(11-9-13)19-16(12-18-17(19)20-2)14-6-4-3-5-7-14/h3-12H,1-2H3. The number of imidazole rings is 1. The van der Waals surface area contributed by atoms with Crippen molar-refractivity contribution in [1.29, 1.82) is 0 Å². The maximum absolute atomic E-state index is 4.54. The fraction of sp³-hybridized carbons (Fsp3) is 0.118. The quantitative estimate of drug-likeness (QED) is 0.654. The predicted octanol–water partition coefficient (Wildman–Crippen LogP) is 4.57. The Bertz CT molecular complexity index is 700. The van der Waals surface area contributed by atoms with E-state index in [1.165, 1.54) is 11.1 Å². The Kier molecular flexibility index (Phi) is 3.61. The van der Waals surface area contributed by atoms with Crippen molar-refractivity contribution >= 4 is 11.8 Å². The molecular formula is C17H16N2S. The third kappa shape index (κ3) is 2.37. The Morgan fingerprint density at radius 3 is 2.30 bits per heavy atom. The second-order valence-electron chi connectivity index (χ2n) is 4.67. The van der Waals surface area contributed by atoms with Gasteiger partial charge in [0.15, 0.2) is 5.16 Å². The minimum Gasteiger partial charge on any atom is -0.287 e. The van der Waals surface area contributed by atoms with Crippen molar-refractivity contribution in [2.75, 3.05) is 6.26 Å². The fourth-order valence-electron chi connectivity index (χ4n) is 2.23. The molecule has 2 aromatic carbocycles. The maximum atomic E-state index is 4.54. The molecule has 0 radical (unpaired) electrons. The van der Waals surface area contributed by atoms with E-state index in [1.807, 2.05) is 12.3 Å². The number of benzene rings is 2. The van der Waals surface area contributed by atoms with Gasteiger partial charge in [-0.1, -0.05) is 59.8 Å². The summed E-state index contributed by atoms with van der Waals surface area (Å²) in [5, 5.41) is 1.01.